The highest BCUT2D eigenvalue weighted by molar-refractivity contribution is 6.02. The van der Waals surface area contributed by atoms with Crippen molar-refractivity contribution in [3.8, 4) is 0 Å². The lowest BCUT2D eigenvalue weighted by molar-refractivity contribution is 0.0941. The van der Waals surface area contributed by atoms with Crippen LogP contribution in [0.1, 0.15) is 31.3 Å². The fourth-order valence-corrected chi connectivity index (χ4v) is 1.04. The maximum Gasteiger partial charge on any atom is 0.294 e. The first-order valence-electron chi connectivity index (χ1n) is 5.51. The molecule has 0 bridgehead atoms. The summed E-state index contributed by atoms with van der Waals surface area (Å²) < 4.78 is 9.99. The van der Waals surface area contributed by atoms with Crippen LogP contribution in [-0.2, 0) is 4.74 Å². The Morgan fingerprint density at radius 3 is 2.65 bits per heavy atom. The Balaban J connectivity index is 2.67. The molecule has 0 aromatic carbocycles. The van der Waals surface area contributed by atoms with Crippen LogP contribution in [0, 0.1) is 5.92 Å². The number of methoxy groups -OCH3 is 1. The Morgan fingerprint density at radius 2 is 2.18 bits per heavy atom. The molecule has 1 amide bonds. The molecule has 0 aliphatic heterocycles. The molecule has 0 fully saturated rings. The van der Waals surface area contributed by atoms with Crippen molar-refractivity contribution in [3.05, 3.63) is 24.2 Å². The normalized spacial score (nSPS) is 13.6. The number of amidine groups is 1. The quantitative estimate of drug-likeness (QED) is 0.647. The monoisotopic (exact) mass is 238 g/mol. The van der Waals surface area contributed by atoms with Crippen LogP contribution in [0.4, 0.5) is 0 Å². The number of amides is 1. The number of nitrogens with one attached hydrogen (secondary N) is 1. The van der Waals surface area contributed by atoms with E-state index in [1.165, 1.54) is 13.4 Å². The first kappa shape index (κ1) is 13.3. The summed E-state index contributed by atoms with van der Waals surface area (Å²) in [6, 6.07) is 3.50. The standard InChI is InChI=1S/C12H18N2O3/c1-8(2)9(3)13-12(16-4)14-11(15)10-6-5-7-17-10/h5-9H,1-4H3,(H,13,14,15)/t9-/m0/s1. The predicted molar refractivity (Wildman–Crippen MR) is 64.9 cm³/mol. The summed E-state index contributed by atoms with van der Waals surface area (Å²) in [4.78, 5) is 15.9. The Kier molecular flexibility index (Phi) is 4.75. The molecule has 1 aromatic rings. The van der Waals surface area contributed by atoms with Gasteiger partial charge in [-0.05, 0) is 25.0 Å². The molecule has 5 heteroatoms. The van der Waals surface area contributed by atoms with E-state index < -0.39 is 0 Å². The molecule has 0 saturated carbocycles. The zero-order valence-corrected chi connectivity index (χ0v) is 10.6. The highest BCUT2D eigenvalue weighted by Gasteiger charge is 2.13. The van der Waals surface area contributed by atoms with E-state index in [4.69, 9.17) is 9.15 Å². The van der Waals surface area contributed by atoms with Gasteiger partial charge in [-0.15, -0.1) is 0 Å². The van der Waals surface area contributed by atoms with Gasteiger partial charge in [-0.2, -0.15) is 0 Å². The summed E-state index contributed by atoms with van der Waals surface area (Å²) in [5.74, 6) is 0.235. The minimum atomic E-state index is -0.369. The molecule has 1 heterocycles. The smallest absolute Gasteiger partial charge is 0.294 e. The van der Waals surface area contributed by atoms with Crippen molar-refractivity contribution in [3.63, 3.8) is 0 Å². The van der Waals surface area contributed by atoms with Gasteiger partial charge in [0.1, 0.15) is 0 Å². The number of hydrogen-bond acceptors (Lipinski definition) is 4. The molecule has 1 atom stereocenters. The van der Waals surface area contributed by atoms with Crippen LogP contribution in [0.25, 0.3) is 0 Å². The third-order valence-corrected chi connectivity index (χ3v) is 2.44. The molecule has 0 saturated heterocycles. The van der Waals surface area contributed by atoms with E-state index in [0.29, 0.717) is 5.92 Å². The van der Waals surface area contributed by atoms with Crippen LogP contribution in [0.15, 0.2) is 27.8 Å². The fourth-order valence-electron chi connectivity index (χ4n) is 1.04. The summed E-state index contributed by atoms with van der Waals surface area (Å²) in [5.41, 5.74) is 0. The third kappa shape index (κ3) is 3.94. The van der Waals surface area contributed by atoms with Gasteiger partial charge in [-0.1, -0.05) is 13.8 Å². The molecule has 0 radical (unpaired) electrons. The zero-order valence-electron chi connectivity index (χ0n) is 10.6. The molecular weight excluding hydrogens is 220 g/mol. The lowest BCUT2D eigenvalue weighted by atomic mass is 10.1. The molecular formula is C12H18N2O3. The van der Waals surface area contributed by atoms with Crippen LogP contribution in [0.3, 0.4) is 0 Å². The number of hydrogen-bond donors (Lipinski definition) is 1. The van der Waals surface area contributed by atoms with E-state index in [9.17, 15) is 4.79 Å². The summed E-state index contributed by atoms with van der Waals surface area (Å²) in [5, 5.41) is 2.55. The van der Waals surface area contributed by atoms with Crippen molar-refractivity contribution in [2.45, 2.75) is 26.8 Å². The first-order valence-corrected chi connectivity index (χ1v) is 5.51. The number of furan rings is 1. The molecule has 94 valence electrons. The minimum absolute atomic E-state index is 0.0712. The topological polar surface area (TPSA) is 63.8 Å². The first-order chi connectivity index (χ1) is 8.04. The summed E-state index contributed by atoms with van der Waals surface area (Å²) in [6.07, 6.45) is 1.44. The molecule has 0 aliphatic rings. The van der Waals surface area contributed by atoms with Crippen molar-refractivity contribution in [1.82, 2.24) is 5.32 Å². The van der Waals surface area contributed by atoms with Crippen molar-refractivity contribution < 1.29 is 13.9 Å². The average Bonchev–Trinajstić information content (AvgIpc) is 2.81. The van der Waals surface area contributed by atoms with Crippen LogP contribution >= 0.6 is 0 Å². The third-order valence-electron chi connectivity index (χ3n) is 2.44. The summed E-state index contributed by atoms with van der Waals surface area (Å²) >= 11 is 0. The summed E-state index contributed by atoms with van der Waals surface area (Å²) in [6.45, 7) is 6.06. The number of carbonyl (C=O) groups is 1. The van der Waals surface area contributed by atoms with Crippen LogP contribution in [0.5, 0.6) is 0 Å². The number of nitrogens with zero attached hydrogens (tertiary/aromatic N) is 1. The summed E-state index contributed by atoms with van der Waals surface area (Å²) in [7, 11) is 1.47. The van der Waals surface area contributed by atoms with Crippen molar-refractivity contribution in [1.29, 1.82) is 0 Å². The molecule has 17 heavy (non-hydrogen) atoms. The van der Waals surface area contributed by atoms with Crippen LogP contribution < -0.4 is 5.32 Å². The lowest BCUT2D eigenvalue weighted by Crippen LogP contribution is -2.33. The molecule has 0 unspecified atom stereocenters. The Morgan fingerprint density at radius 1 is 1.47 bits per heavy atom. The predicted octanol–water partition coefficient (Wildman–Crippen LogP) is 2.06. The minimum Gasteiger partial charge on any atom is -0.468 e. The maximum absolute atomic E-state index is 11.7. The maximum atomic E-state index is 11.7. The van der Waals surface area contributed by atoms with Crippen LogP contribution in [-0.4, -0.2) is 25.1 Å². The SMILES string of the molecule is COC(=N[C@@H](C)C(C)C)NC(=O)c1ccco1. The van der Waals surface area contributed by atoms with E-state index in [1.807, 2.05) is 6.92 Å². The second-order valence-electron chi connectivity index (χ2n) is 4.05. The van der Waals surface area contributed by atoms with Gasteiger partial charge < -0.3 is 9.15 Å². The van der Waals surface area contributed by atoms with E-state index in [0.717, 1.165) is 0 Å². The molecule has 1 N–H and O–H groups in total. The zero-order chi connectivity index (χ0) is 12.8. The Labute approximate surface area is 101 Å². The number of ether oxygens (including phenoxy) is 1. The van der Waals surface area contributed by atoms with E-state index >= 15 is 0 Å². The molecule has 0 aliphatic carbocycles. The lowest BCUT2D eigenvalue weighted by Gasteiger charge is -2.13. The van der Waals surface area contributed by atoms with E-state index in [1.54, 1.807) is 12.1 Å². The second kappa shape index (κ2) is 6.08. The Bertz CT molecular complexity index is 382. The Hall–Kier alpha value is -1.78. The fraction of sp³-hybridized carbons (Fsp3) is 0.500. The molecule has 0 spiro atoms. The second-order valence-corrected chi connectivity index (χ2v) is 4.05. The molecule has 1 aromatic heterocycles. The van der Waals surface area contributed by atoms with Gasteiger partial charge in [-0.3, -0.25) is 10.1 Å². The van der Waals surface area contributed by atoms with Gasteiger partial charge in [-0.25, -0.2) is 4.99 Å². The van der Waals surface area contributed by atoms with Crippen molar-refractivity contribution in [2.24, 2.45) is 10.9 Å². The van der Waals surface area contributed by atoms with Gasteiger partial charge in [0.05, 0.1) is 19.4 Å². The number of rotatable bonds is 3. The highest BCUT2D eigenvalue weighted by atomic mass is 16.5. The van der Waals surface area contributed by atoms with Crippen molar-refractivity contribution >= 4 is 11.9 Å². The van der Waals surface area contributed by atoms with E-state index in [-0.39, 0.29) is 23.7 Å². The van der Waals surface area contributed by atoms with E-state index in [2.05, 4.69) is 24.2 Å². The number of aliphatic imine (C=N–C) groups is 1. The number of carbonyl (C=O) groups excluding carboxylic acids is 1. The van der Waals surface area contributed by atoms with Gasteiger partial charge in [0.15, 0.2) is 5.76 Å². The van der Waals surface area contributed by atoms with Gasteiger partial charge in [0.25, 0.3) is 11.9 Å². The largest absolute Gasteiger partial charge is 0.468 e. The average molecular weight is 238 g/mol. The van der Waals surface area contributed by atoms with Gasteiger partial charge >= 0.3 is 0 Å². The van der Waals surface area contributed by atoms with Crippen LogP contribution in [0.2, 0.25) is 0 Å². The van der Waals surface area contributed by atoms with Crippen molar-refractivity contribution in [2.75, 3.05) is 7.11 Å². The highest BCUT2D eigenvalue weighted by Crippen LogP contribution is 2.05. The van der Waals surface area contributed by atoms with Gasteiger partial charge in [0, 0.05) is 0 Å². The molecule has 1 rings (SSSR count). The van der Waals surface area contributed by atoms with Gasteiger partial charge in [0.2, 0.25) is 0 Å². The molecule has 5 nitrogen and oxygen atoms in total.